The van der Waals surface area contributed by atoms with Gasteiger partial charge in [0.1, 0.15) is 6.54 Å². The Kier molecular flexibility index (Phi) is 5.26. The maximum absolute atomic E-state index is 13.4. The number of rotatable bonds is 4. The van der Waals surface area contributed by atoms with Crippen LogP contribution >= 0.6 is 0 Å². The fourth-order valence-corrected chi connectivity index (χ4v) is 5.23. The maximum Gasteiger partial charge on any atom is 0.265 e. The number of benzene rings is 3. The van der Waals surface area contributed by atoms with E-state index in [9.17, 15) is 22.0 Å². The molecule has 1 amide bonds. The van der Waals surface area contributed by atoms with Crippen molar-refractivity contribution in [2.75, 3.05) is 16.2 Å². The second-order valence-corrected chi connectivity index (χ2v) is 9.45. The van der Waals surface area contributed by atoms with E-state index in [0.29, 0.717) is 11.3 Å². The first kappa shape index (κ1) is 21.0. The Hall–Kier alpha value is -3.26. The summed E-state index contributed by atoms with van der Waals surface area (Å²) in [4.78, 5) is 12.7. The zero-order chi connectivity index (χ0) is 22.3. The van der Waals surface area contributed by atoms with Gasteiger partial charge in [0.15, 0.2) is 11.6 Å². The van der Waals surface area contributed by atoms with Gasteiger partial charge in [0.25, 0.3) is 10.0 Å². The van der Waals surface area contributed by atoms with Gasteiger partial charge in [0, 0.05) is 22.9 Å². The van der Waals surface area contributed by atoms with E-state index < -0.39 is 34.1 Å². The molecule has 0 aliphatic carbocycles. The maximum atomic E-state index is 13.4. The first-order chi connectivity index (χ1) is 14.7. The Balaban J connectivity index is 1.74. The van der Waals surface area contributed by atoms with Crippen LogP contribution < -0.4 is 9.62 Å². The van der Waals surface area contributed by atoms with E-state index >= 15 is 0 Å². The zero-order valence-electron chi connectivity index (χ0n) is 16.9. The van der Waals surface area contributed by atoms with Crippen molar-refractivity contribution < 1.29 is 22.0 Å². The molecule has 4 rings (SSSR count). The molecule has 8 heteroatoms. The number of halogens is 2. The van der Waals surface area contributed by atoms with Gasteiger partial charge in [-0.1, -0.05) is 38.1 Å². The van der Waals surface area contributed by atoms with E-state index in [0.717, 1.165) is 27.6 Å². The molecule has 160 valence electrons. The highest BCUT2D eigenvalue weighted by molar-refractivity contribution is 7.93. The van der Waals surface area contributed by atoms with E-state index in [2.05, 4.69) is 5.32 Å². The molecular formula is C23H20F2N2O3S. The molecule has 0 fully saturated rings. The first-order valence-electron chi connectivity index (χ1n) is 9.69. The molecule has 1 N–H and O–H groups in total. The van der Waals surface area contributed by atoms with Crippen molar-refractivity contribution in [1.82, 2.24) is 0 Å². The predicted octanol–water partition coefficient (Wildman–Crippen LogP) is 4.90. The molecule has 1 heterocycles. The van der Waals surface area contributed by atoms with E-state index in [1.807, 2.05) is 26.0 Å². The molecule has 3 aromatic carbocycles. The Labute approximate surface area is 179 Å². The van der Waals surface area contributed by atoms with Gasteiger partial charge in [-0.3, -0.25) is 9.10 Å². The third-order valence-electron chi connectivity index (χ3n) is 5.19. The molecule has 0 saturated heterocycles. The predicted molar refractivity (Wildman–Crippen MR) is 115 cm³/mol. The van der Waals surface area contributed by atoms with Gasteiger partial charge in [0.05, 0.1) is 10.6 Å². The highest BCUT2D eigenvalue weighted by atomic mass is 32.2. The van der Waals surface area contributed by atoms with Gasteiger partial charge in [-0.25, -0.2) is 17.2 Å². The standard InChI is InChI=1S/C23H20F2N2O3S/c1-14(2)15-7-10-21-18(11-15)17-5-3-4-6-22(17)31(29,30)27(21)13-23(28)26-16-8-9-19(24)20(25)12-16/h3-12,14H,13H2,1-2H3,(H,26,28). The van der Waals surface area contributed by atoms with Crippen LogP contribution in [-0.4, -0.2) is 20.9 Å². The Morgan fingerprint density at radius 3 is 2.42 bits per heavy atom. The summed E-state index contributed by atoms with van der Waals surface area (Å²) in [5.41, 5.74) is 2.77. The van der Waals surface area contributed by atoms with E-state index in [4.69, 9.17) is 0 Å². The number of carbonyl (C=O) groups excluding carboxylic acids is 1. The van der Waals surface area contributed by atoms with Crippen LogP contribution in [0.25, 0.3) is 11.1 Å². The topological polar surface area (TPSA) is 66.5 Å². The lowest BCUT2D eigenvalue weighted by Crippen LogP contribution is -2.40. The van der Waals surface area contributed by atoms with Crippen LogP contribution in [0.4, 0.5) is 20.2 Å². The number of nitrogens with zero attached hydrogens (tertiary/aromatic N) is 1. The highest BCUT2D eigenvalue weighted by Crippen LogP contribution is 2.43. The lowest BCUT2D eigenvalue weighted by atomic mass is 9.95. The SMILES string of the molecule is CC(C)c1ccc2c(c1)-c1ccccc1S(=O)(=O)N2CC(=O)Nc1ccc(F)c(F)c1. The summed E-state index contributed by atoms with van der Waals surface area (Å²) in [5.74, 6) is -2.58. The van der Waals surface area contributed by atoms with Crippen molar-refractivity contribution in [2.45, 2.75) is 24.7 Å². The average molecular weight is 442 g/mol. The van der Waals surface area contributed by atoms with Crippen LogP contribution in [-0.2, 0) is 14.8 Å². The van der Waals surface area contributed by atoms with Crippen molar-refractivity contribution in [2.24, 2.45) is 0 Å². The number of hydrogen-bond donors (Lipinski definition) is 1. The zero-order valence-corrected chi connectivity index (χ0v) is 17.7. The molecular weight excluding hydrogens is 422 g/mol. The minimum absolute atomic E-state index is 0.0362. The smallest absolute Gasteiger partial charge is 0.265 e. The lowest BCUT2D eigenvalue weighted by molar-refractivity contribution is -0.114. The molecule has 0 saturated carbocycles. The van der Waals surface area contributed by atoms with Crippen molar-refractivity contribution in [1.29, 1.82) is 0 Å². The number of nitrogens with one attached hydrogen (secondary N) is 1. The number of fused-ring (bicyclic) bond motifs is 3. The quantitative estimate of drug-likeness (QED) is 0.625. The van der Waals surface area contributed by atoms with Crippen LogP contribution in [0.1, 0.15) is 25.3 Å². The average Bonchev–Trinajstić information content (AvgIpc) is 2.73. The van der Waals surface area contributed by atoms with Gasteiger partial charge in [-0.15, -0.1) is 0 Å². The lowest BCUT2D eigenvalue weighted by Gasteiger charge is -2.32. The molecule has 31 heavy (non-hydrogen) atoms. The number of carbonyl (C=O) groups is 1. The third-order valence-corrected chi connectivity index (χ3v) is 7.01. The Bertz CT molecular complexity index is 1290. The number of amides is 1. The third kappa shape index (κ3) is 3.79. The van der Waals surface area contributed by atoms with E-state index in [-0.39, 0.29) is 16.5 Å². The van der Waals surface area contributed by atoms with Crippen LogP contribution in [0.2, 0.25) is 0 Å². The Morgan fingerprint density at radius 2 is 1.71 bits per heavy atom. The second kappa shape index (κ2) is 7.77. The fourth-order valence-electron chi connectivity index (χ4n) is 3.58. The van der Waals surface area contributed by atoms with Crippen LogP contribution in [0.5, 0.6) is 0 Å². The molecule has 1 aliphatic rings. The summed E-state index contributed by atoms with van der Waals surface area (Å²) >= 11 is 0. The first-order valence-corrected chi connectivity index (χ1v) is 11.1. The van der Waals surface area contributed by atoms with E-state index in [1.54, 1.807) is 24.3 Å². The molecule has 0 aromatic heterocycles. The minimum atomic E-state index is -3.99. The Morgan fingerprint density at radius 1 is 0.968 bits per heavy atom. The number of anilines is 2. The second-order valence-electron chi connectivity index (χ2n) is 7.62. The summed E-state index contributed by atoms with van der Waals surface area (Å²) in [6.45, 7) is 3.57. The molecule has 0 spiro atoms. The summed E-state index contributed by atoms with van der Waals surface area (Å²) in [6.07, 6.45) is 0. The van der Waals surface area contributed by atoms with Crippen molar-refractivity contribution in [3.8, 4) is 11.1 Å². The largest absolute Gasteiger partial charge is 0.324 e. The molecule has 1 aliphatic heterocycles. The summed E-state index contributed by atoms with van der Waals surface area (Å²) < 4.78 is 54.2. The van der Waals surface area contributed by atoms with Gasteiger partial charge in [-0.2, -0.15) is 0 Å². The fraction of sp³-hybridized carbons (Fsp3) is 0.174. The van der Waals surface area contributed by atoms with Gasteiger partial charge < -0.3 is 5.32 Å². The molecule has 0 atom stereocenters. The highest BCUT2D eigenvalue weighted by Gasteiger charge is 2.36. The van der Waals surface area contributed by atoms with Crippen molar-refractivity contribution >= 4 is 27.3 Å². The summed E-state index contributed by atoms with van der Waals surface area (Å²) in [7, 11) is -3.99. The van der Waals surface area contributed by atoms with Crippen molar-refractivity contribution in [3.63, 3.8) is 0 Å². The number of sulfonamides is 1. The monoisotopic (exact) mass is 442 g/mol. The van der Waals surface area contributed by atoms with E-state index in [1.165, 1.54) is 12.1 Å². The van der Waals surface area contributed by atoms with Gasteiger partial charge in [-0.05, 0) is 41.8 Å². The normalized spacial score (nSPS) is 14.2. The molecule has 5 nitrogen and oxygen atoms in total. The van der Waals surface area contributed by atoms with Gasteiger partial charge >= 0.3 is 0 Å². The van der Waals surface area contributed by atoms with Crippen LogP contribution in [0.15, 0.2) is 65.6 Å². The molecule has 0 bridgehead atoms. The number of hydrogen-bond acceptors (Lipinski definition) is 3. The van der Waals surface area contributed by atoms with Gasteiger partial charge in [0.2, 0.25) is 5.91 Å². The van der Waals surface area contributed by atoms with Crippen LogP contribution in [0.3, 0.4) is 0 Å². The minimum Gasteiger partial charge on any atom is -0.324 e. The molecule has 0 radical (unpaired) electrons. The molecule has 3 aromatic rings. The summed E-state index contributed by atoms with van der Waals surface area (Å²) in [5, 5.41) is 2.43. The van der Waals surface area contributed by atoms with Crippen LogP contribution in [0, 0.1) is 11.6 Å². The molecule has 0 unspecified atom stereocenters. The summed E-state index contributed by atoms with van der Waals surface area (Å²) in [6, 6.07) is 15.1. The van der Waals surface area contributed by atoms with Crippen molar-refractivity contribution in [3.05, 3.63) is 77.9 Å².